The van der Waals surface area contributed by atoms with Crippen LogP contribution in [0, 0.1) is 16.0 Å². The van der Waals surface area contributed by atoms with Crippen LogP contribution >= 0.6 is 23.1 Å². The molecular formula is C28H26N4O7S2. The highest BCUT2D eigenvalue weighted by Crippen LogP contribution is 2.55. The molecule has 3 amide bonds. The molecule has 0 spiro atoms. The molecule has 2 fully saturated rings. The van der Waals surface area contributed by atoms with Gasteiger partial charge in [-0.15, -0.1) is 0 Å². The van der Waals surface area contributed by atoms with Crippen molar-refractivity contribution in [2.24, 2.45) is 5.92 Å². The number of hydrogen-bond acceptors (Lipinski definition) is 9. The Morgan fingerprint density at radius 2 is 1.73 bits per heavy atom. The SMILES string of the molecule is COc1ccccc1C1c2sc(=O)n(CC(=O)N3CCCCC3)c2SC2C(=O)N(c3ccc([N+](=O)[O-])cc3)C(=O)C21. The summed E-state index contributed by atoms with van der Waals surface area (Å²) in [5.74, 6) is -2.09. The van der Waals surface area contributed by atoms with E-state index < -0.39 is 33.8 Å². The number of fused-ring (bicyclic) bond motifs is 2. The van der Waals surface area contributed by atoms with Crippen LogP contribution < -0.4 is 14.5 Å². The first-order chi connectivity index (χ1) is 19.8. The second-order valence-electron chi connectivity index (χ2n) is 10.1. The fourth-order valence-electron chi connectivity index (χ4n) is 5.87. The van der Waals surface area contributed by atoms with Crippen LogP contribution in [0.25, 0.3) is 0 Å². The molecule has 3 atom stereocenters. The summed E-state index contributed by atoms with van der Waals surface area (Å²) in [6, 6.07) is 12.5. The first-order valence-electron chi connectivity index (χ1n) is 13.2. The molecule has 41 heavy (non-hydrogen) atoms. The Hall–Kier alpha value is -3.97. The fourth-order valence-corrected chi connectivity index (χ4v) is 8.63. The number of aromatic nitrogens is 1. The third-order valence-corrected chi connectivity index (χ3v) is 10.4. The molecule has 1 aromatic heterocycles. The molecule has 0 aliphatic carbocycles. The standard InChI is InChI=1S/C28H26N4O7S2/c1-39-19-8-4-3-7-18(19)21-22-23(26(35)31(25(22)34)16-9-11-17(12-10-16)32(37)38)40-27-24(21)41-28(36)30(27)15-20(33)29-13-5-2-6-14-29/h3-4,7-12,21-23H,2,5-6,13-15H2,1H3. The number of likely N-dealkylation sites (tertiary alicyclic amines) is 1. The van der Waals surface area contributed by atoms with Gasteiger partial charge in [-0.1, -0.05) is 41.3 Å². The minimum Gasteiger partial charge on any atom is -0.496 e. The molecule has 0 N–H and O–H groups in total. The van der Waals surface area contributed by atoms with Gasteiger partial charge in [0, 0.05) is 41.6 Å². The van der Waals surface area contributed by atoms with E-state index in [0.717, 1.165) is 47.3 Å². The predicted octanol–water partition coefficient (Wildman–Crippen LogP) is 3.63. The molecule has 0 radical (unpaired) electrons. The van der Waals surface area contributed by atoms with Crippen LogP contribution in [0.4, 0.5) is 11.4 Å². The number of benzene rings is 2. The number of ether oxygens (including phenoxy) is 1. The second kappa shape index (κ2) is 10.8. The number of methoxy groups -OCH3 is 1. The van der Waals surface area contributed by atoms with E-state index in [1.165, 1.54) is 35.9 Å². The molecule has 4 heterocycles. The van der Waals surface area contributed by atoms with Gasteiger partial charge in [0.1, 0.15) is 17.5 Å². The van der Waals surface area contributed by atoms with Gasteiger partial charge in [-0.25, -0.2) is 4.90 Å². The molecule has 212 valence electrons. The predicted molar refractivity (Wildman–Crippen MR) is 153 cm³/mol. The van der Waals surface area contributed by atoms with Crippen LogP contribution in [0.1, 0.15) is 35.6 Å². The van der Waals surface area contributed by atoms with E-state index in [4.69, 9.17) is 4.74 Å². The number of non-ortho nitro benzene ring substituents is 1. The van der Waals surface area contributed by atoms with E-state index in [1.807, 2.05) is 12.1 Å². The Labute approximate surface area is 242 Å². The van der Waals surface area contributed by atoms with E-state index in [1.54, 1.807) is 17.0 Å². The van der Waals surface area contributed by atoms with E-state index in [9.17, 15) is 29.3 Å². The van der Waals surface area contributed by atoms with Gasteiger partial charge >= 0.3 is 4.87 Å². The minimum absolute atomic E-state index is 0.137. The largest absolute Gasteiger partial charge is 0.496 e. The molecule has 6 rings (SSSR count). The zero-order valence-corrected chi connectivity index (χ0v) is 23.7. The number of anilines is 1. The van der Waals surface area contributed by atoms with Crippen molar-refractivity contribution >= 4 is 52.2 Å². The topological polar surface area (TPSA) is 132 Å². The summed E-state index contributed by atoms with van der Waals surface area (Å²) < 4.78 is 7.07. The number of hydrogen-bond donors (Lipinski definition) is 0. The number of thioether (sulfide) groups is 1. The summed E-state index contributed by atoms with van der Waals surface area (Å²) in [5.41, 5.74) is 0.741. The molecule has 3 aromatic rings. The number of carbonyl (C=O) groups excluding carboxylic acids is 3. The molecule has 0 bridgehead atoms. The Bertz CT molecular complexity index is 1610. The van der Waals surface area contributed by atoms with Gasteiger partial charge in [0.15, 0.2) is 0 Å². The highest BCUT2D eigenvalue weighted by atomic mass is 32.2. The summed E-state index contributed by atoms with van der Waals surface area (Å²) in [7, 11) is 1.52. The molecule has 2 saturated heterocycles. The molecule has 3 unspecified atom stereocenters. The number of thiazole rings is 1. The average Bonchev–Trinajstić information content (AvgIpc) is 3.43. The number of amides is 3. The summed E-state index contributed by atoms with van der Waals surface area (Å²) >= 11 is 2.12. The number of carbonyl (C=O) groups is 3. The van der Waals surface area contributed by atoms with Crippen LogP contribution in [0.2, 0.25) is 0 Å². The van der Waals surface area contributed by atoms with Gasteiger partial charge in [-0.2, -0.15) is 0 Å². The first kappa shape index (κ1) is 27.2. The lowest BCUT2D eigenvalue weighted by atomic mass is 9.82. The Morgan fingerprint density at radius 1 is 1.02 bits per heavy atom. The van der Waals surface area contributed by atoms with Crippen LogP contribution in [0.3, 0.4) is 0 Å². The van der Waals surface area contributed by atoms with Gasteiger partial charge in [0.05, 0.1) is 28.7 Å². The number of nitro groups is 1. The van der Waals surface area contributed by atoms with Gasteiger partial charge < -0.3 is 9.64 Å². The highest BCUT2D eigenvalue weighted by molar-refractivity contribution is 8.00. The van der Waals surface area contributed by atoms with Gasteiger partial charge in [0.2, 0.25) is 17.7 Å². The minimum atomic E-state index is -0.870. The quantitative estimate of drug-likeness (QED) is 0.240. The molecule has 2 aromatic carbocycles. The molecule has 0 saturated carbocycles. The van der Waals surface area contributed by atoms with Crippen molar-refractivity contribution in [3.05, 3.63) is 78.8 Å². The zero-order valence-electron chi connectivity index (χ0n) is 22.1. The number of nitrogens with zero attached hydrogens (tertiary/aromatic N) is 4. The first-order valence-corrected chi connectivity index (χ1v) is 14.9. The molecule has 13 heteroatoms. The Morgan fingerprint density at radius 3 is 2.41 bits per heavy atom. The third-order valence-electron chi connectivity index (χ3n) is 7.84. The van der Waals surface area contributed by atoms with Crippen LogP contribution in [-0.2, 0) is 20.9 Å². The van der Waals surface area contributed by atoms with Crippen molar-refractivity contribution in [1.29, 1.82) is 0 Å². The Kier molecular flexibility index (Phi) is 7.16. The smallest absolute Gasteiger partial charge is 0.308 e. The maximum Gasteiger partial charge on any atom is 0.308 e. The van der Waals surface area contributed by atoms with Crippen molar-refractivity contribution in [3.8, 4) is 5.75 Å². The van der Waals surface area contributed by atoms with Crippen molar-refractivity contribution in [1.82, 2.24) is 9.47 Å². The fraction of sp³-hybridized carbons (Fsp3) is 0.357. The van der Waals surface area contributed by atoms with Crippen molar-refractivity contribution in [2.45, 2.75) is 42.0 Å². The van der Waals surface area contributed by atoms with E-state index in [-0.39, 0.29) is 28.7 Å². The highest BCUT2D eigenvalue weighted by Gasteiger charge is 2.57. The number of piperidine rings is 1. The zero-order chi connectivity index (χ0) is 28.8. The second-order valence-corrected chi connectivity index (χ2v) is 12.3. The van der Waals surface area contributed by atoms with E-state index >= 15 is 0 Å². The molecule has 3 aliphatic heterocycles. The maximum atomic E-state index is 14.0. The van der Waals surface area contributed by atoms with Crippen LogP contribution in [0.5, 0.6) is 5.75 Å². The summed E-state index contributed by atoms with van der Waals surface area (Å²) in [6.45, 7) is 1.17. The van der Waals surface area contributed by atoms with Gasteiger partial charge in [-0.05, 0) is 37.5 Å². The lowest BCUT2D eigenvalue weighted by Crippen LogP contribution is -2.39. The number of imide groups is 1. The average molecular weight is 595 g/mol. The third kappa shape index (κ3) is 4.62. The number of rotatable bonds is 6. The monoisotopic (exact) mass is 594 g/mol. The van der Waals surface area contributed by atoms with Crippen LogP contribution in [-0.4, -0.2) is 57.6 Å². The van der Waals surface area contributed by atoms with E-state index in [0.29, 0.717) is 34.3 Å². The lowest BCUT2D eigenvalue weighted by Gasteiger charge is -2.32. The van der Waals surface area contributed by atoms with Crippen molar-refractivity contribution in [2.75, 3.05) is 25.1 Å². The molecular weight excluding hydrogens is 568 g/mol. The summed E-state index contributed by atoms with van der Waals surface area (Å²) in [6.07, 6.45) is 2.91. The molecule has 11 nitrogen and oxygen atoms in total. The summed E-state index contributed by atoms with van der Waals surface area (Å²) in [4.78, 5) is 68.1. The van der Waals surface area contributed by atoms with Gasteiger partial charge in [0.25, 0.3) is 5.69 Å². The normalized spacial score (nSPS) is 21.9. The number of para-hydroxylation sites is 1. The van der Waals surface area contributed by atoms with Crippen molar-refractivity contribution < 1.29 is 24.0 Å². The maximum absolute atomic E-state index is 14.0. The van der Waals surface area contributed by atoms with Crippen molar-refractivity contribution in [3.63, 3.8) is 0 Å². The summed E-state index contributed by atoms with van der Waals surface area (Å²) in [5, 5.41) is 10.8. The van der Waals surface area contributed by atoms with E-state index in [2.05, 4.69) is 0 Å². The number of nitro benzene ring substituents is 1. The Balaban J connectivity index is 1.44. The molecule has 3 aliphatic rings. The van der Waals surface area contributed by atoms with Gasteiger partial charge in [-0.3, -0.25) is 33.9 Å². The van der Waals surface area contributed by atoms with Crippen LogP contribution in [0.15, 0.2) is 58.4 Å². The lowest BCUT2D eigenvalue weighted by molar-refractivity contribution is -0.384.